The lowest BCUT2D eigenvalue weighted by Crippen LogP contribution is -2.28. The van der Waals surface area contributed by atoms with Gasteiger partial charge in [0.1, 0.15) is 11.6 Å². The highest BCUT2D eigenvalue weighted by atomic mass is 32.1. The number of ether oxygens (including phenoxy) is 1. The minimum absolute atomic E-state index is 0.0157. The summed E-state index contributed by atoms with van der Waals surface area (Å²) in [6.07, 6.45) is 0.907. The zero-order chi connectivity index (χ0) is 24.8. The highest BCUT2D eigenvalue weighted by molar-refractivity contribution is 7.09. The quantitative estimate of drug-likeness (QED) is 0.391. The second kappa shape index (κ2) is 11.0. The standard InChI is InChI=1S/C26H25N3O5S/c1-16(25(32)28-13-23-29-17(15-35-23)12-24(30)31)10-11-27-26(33)34-14-22-20-8-4-2-6-18(20)19-7-3-5-9-21(19)22/h2-10,15,22H,11-14H2,1H3,(H,27,33)(H,28,32)(H,30,31)/b16-10+. The van der Waals surface area contributed by atoms with Gasteiger partial charge in [-0.05, 0) is 29.2 Å². The summed E-state index contributed by atoms with van der Waals surface area (Å²) < 4.78 is 5.49. The monoisotopic (exact) mass is 491 g/mol. The van der Waals surface area contributed by atoms with E-state index in [1.165, 1.54) is 11.3 Å². The van der Waals surface area contributed by atoms with Crippen LogP contribution in [0.15, 0.2) is 65.6 Å². The fraction of sp³-hybridized carbons (Fsp3) is 0.231. The van der Waals surface area contributed by atoms with Gasteiger partial charge in [0.05, 0.1) is 18.7 Å². The van der Waals surface area contributed by atoms with E-state index < -0.39 is 12.1 Å². The lowest BCUT2D eigenvalue weighted by molar-refractivity contribution is -0.136. The van der Waals surface area contributed by atoms with Gasteiger partial charge >= 0.3 is 12.1 Å². The second-order valence-electron chi connectivity index (χ2n) is 8.08. The Morgan fingerprint density at radius 2 is 1.71 bits per heavy atom. The third kappa shape index (κ3) is 5.93. The number of thiazole rings is 1. The Balaban J connectivity index is 1.23. The number of rotatable bonds is 9. The molecule has 0 atom stereocenters. The number of carbonyl (C=O) groups is 3. The minimum Gasteiger partial charge on any atom is -0.481 e. The summed E-state index contributed by atoms with van der Waals surface area (Å²) in [5.74, 6) is -1.26. The number of carbonyl (C=O) groups excluding carboxylic acids is 2. The van der Waals surface area contributed by atoms with Crippen molar-refractivity contribution in [1.29, 1.82) is 0 Å². The third-order valence-corrected chi connectivity index (χ3v) is 6.59. The fourth-order valence-electron chi connectivity index (χ4n) is 3.99. The molecule has 1 aliphatic rings. The first kappa shape index (κ1) is 24.2. The molecule has 35 heavy (non-hydrogen) atoms. The number of amides is 2. The lowest BCUT2D eigenvalue weighted by atomic mass is 9.98. The molecule has 0 bridgehead atoms. The Hall–Kier alpha value is -3.98. The van der Waals surface area contributed by atoms with Crippen LogP contribution < -0.4 is 10.6 Å². The molecule has 0 radical (unpaired) electrons. The van der Waals surface area contributed by atoms with Crippen molar-refractivity contribution in [3.63, 3.8) is 0 Å². The summed E-state index contributed by atoms with van der Waals surface area (Å²) in [6, 6.07) is 16.3. The Kier molecular flexibility index (Phi) is 7.57. The molecule has 1 heterocycles. The summed E-state index contributed by atoms with van der Waals surface area (Å²) >= 11 is 1.29. The first-order valence-corrected chi connectivity index (χ1v) is 12.0. The van der Waals surface area contributed by atoms with Crippen molar-refractivity contribution in [1.82, 2.24) is 15.6 Å². The van der Waals surface area contributed by atoms with Gasteiger partial charge in [-0.1, -0.05) is 54.6 Å². The van der Waals surface area contributed by atoms with E-state index in [4.69, 9.17) is 9.84 Å². The topological polar surface area (TPSA) is 118 Å². The van der Waals surface area contributed by atoms with E-state index in [2.05, 4.69) is 39.9 Å². The van der Waals surface area contributed by atoms with E-state index in [1.54, 1.807) is 18.4 Å². The SMILES string of the molecule is C/C(=C\CNC(=O)OCC1c2ccccc2-c2ccccc21)C(=O)NCc1nc(CC(=O)O)cs1. The van der Waals surface area contributed by atoms with E-state index in [0.717, 1.165) is 22.3 Å². The summed E-state index contributed by atoms with van der Waals surface area (Å²) in [5, 5.41) is 16.5. The van der Waals surface area contributed by atoms with E-state index in [-0.39, 0.29) is 37.9 Å². The van der Waals surface area contributed by atoms with Crippen LogP contribution in [0.4, 0.5) is 4.79 Å². The molecule has 0 spiro atoms. The van der Waals surface area contributed by atoms with Crippen molar-refractivity contribution in [3.8, 4) is 11.1 Å². The number of nitrogens with one attached hydrogen (secondary N) is 2. The Bertz CT molecular complexity index is 1240. The number of alkyl carbamates (subject to hydrolysis) is 1. The molecule has 3 N–H and O–H groups in total. The smallest absolute Gasteiger partial charge is 0.407 e. The van der Waals surface area contributed by atoms with Crippen molar-refractivity contribution in [2.24, 2.45) is 0 Å². The van der Waals surface area contributed by atoms with E-state index in [0.29, 0.717) is 16.3 Å². The van der Waals surface area contributed by atoms with Crippen molar-refractivity contribution >= 4 is 29.3 Å². The molecule has 4 rings (SSSR count). The van der Waals surface area contributed by atoms with E-state index in [9.17, 15) is 14.4 Å². The number of benzene rings is 2. The molecular weight excluding hydrogens is 466 g/mol. The first-order valence-electron chi connectivity index (χ1n) is 11.1. The van der Waals surface area contributed by atoms with Gasteiger partial charge in [0.25, 0.3) is 0 Å². The molecule has 1 aromatic heterocycles. The Morgan fingerprint density at radius 3 is 2.37 bits per heavy atom. The molecule has 180 valence electrons. The average molecular weight is 492 g/mol. The molecule has 2 amide bonds. The maximum absolute atomic E-state index is 12.3. The normalized spacial score (nSPS) is 12.5. The van der Waals surface area contributed by atoms with Crippen molar-refractivity contribution in [2.75, 3.05) is 13.2 Å². The van der Waals surface area contributed by atoms with Gasteiger partial charge in [0.2, 0.25) is 5.91 Å². The van der Waals surface area contributed by atoms with Gasteiger partial charge in [0.15, 0.2) is 0 Å². The molecule has 0 saturated heterocycles. The van der Waals surface area contributed by atoms with Crippen molar-refractivity contribution in [2.45, 2.75) is 25.8 Å². The molecular formula is C26H25N3O5S. The van der Waals surface area contributed by atoms with Crippen LogP contribution in [0.5, 0.6) is 0 Å². The van der Waals surface area contributed by atoms with Gasteiger partial charge in [-0.25, -0.2) is 9.78 Å². The minimum atomic E-state index is -0.950. The molecule has 3 aromatic rings. The van der Waals surface area contributed by atoms with Crippen LogP contribution in [0.25, 0.3) is 11.1 Å². The van der Waals surface area contributed by atoms with Gasteiger partial charge < -0.3 is 20.5 Å². The third-order valence-electron chi connectivity index (χ3n) is 5.69. The second-order valence-corrected chi connectivity index (χ2v) is 9.02. The number of nitrogens with zero attached hydrogens (tertiary/aromatic N) is 1. The number of carboxylic acid groups (broad SMARTS) is 1. The Morgan fingerprint density at radius 1 is 1.06 bits per heavy atom. The van der Waals surface area contributed by atoms with Crippen LogP contribution >= 0.6 is 11.3 Å². The van der Waals surface area contributed by atoms with Crippen LogP contribution in [0, 0.1) is 0 Å². The van der Waals surface area contributed by atoms with Gasteiger partial charge in [-0.3, -0.25) is 9.59 Å². The molecule has 0 aliphatic heterocycles. The summed E-state index contributed by atoms with van der Waals surface area (Å²) in [4.78, 5) is 39.4. The number of carboxylic acids is 1. The van der Waals surface area contributed by atoms with Crippen molar-refractivity contribution < 1.29 is 24.2 Å². The van der Waals surface area contributed by atoms with Gasteiger partial charge in [0, 0.05) is 23.4 Å². The molecule has 9 heteroatoms. The van der Waals surface area contributed by atoms with Crippen LogP contribution in [0.1, 0.15) is 34.7 Å². The number of aliphatic carboxylic acids is 1. The summed E-state index contributed by atoms with van der Waals surface area (Å²) in [6.45, 7) is 2.22. The predicted octanol–water partition coefficient (Wildman–Crippen LogP) is 3.87. The summed E-state index contributed by atoms with van der Waals surface area (Å²) in [7, 11) is 0. The predicted molar refractivity (Wildman–Crippen MR) is 132 cm³/mol. The Labute approximate surface area is 206 Å². The zero-order valence-electron chi connectivity index (χ0n) is 19.1. The molecule has 8 nitrogen and oxygen atoms in total. The lowest BCUT2D eigenvalue weighted by Gasteiger charge is -2.14. The van der Waals surface area contributed by atoms with E-state index in [1.807, 2.05) is 24.3 Å². The zero-order valence-corrected chi connectivity index (χ0v) is 19.9. The van der Waals surface area contributed by atoms with Crippen LogP contribution in [0.2, 0.25) is 0 Å². The van der Waals surface area contributed by atoms with Gasteiger partial charge in [-0.2, -0.15) is 0 Å². The van der Waals surface area contributed by atoms with Crippen LogP contribution in [-0.4, -0.2) is 41.2 Å². The number of aromatic nitrogens is 1. The van der Waals surface area contributed by atoms with Gasteiger partial charge in [-0.15, -0.1) is 11.3 Å². The molecule has 0 saturated carbocycles. The van der Waals surface area contributed by atoms with Crippen LogP contribution in [-0.2, 0) is 27.3 Å². The first-order chi connectivity index (χ1) is 16.9. The van der Waals surface area contributed by atoms with Crippen molar-refractivity contribution in [3.05, 3.63) is 87.4 Å². The van der Waals surface area contributed by atoms with Crippen LogP contribution in [0.3, 0.4) is 0 Å². The highest BCUT2D eigenvalue weighted by Crippen LogP contribution is 2.44. The average Bonchev–Trinajstić information content (AvgIpc) is 3.42. The highest BCUT2D eigenvalue weighted by Gasteiger charge is 2.28. The summed E-state index contributed by atoms with van der Waals surface area (Å²) in [5.41, 5.74) is 5.51. The maximum Gasteiger partial charge on any atom is 0.407 e. The molecule has 0 fully saturated rings. The largest absolute Gasteiger partial charge is 0.481 e. The van der Waals surface area contributed by atoms with E-state index >= 15 is 0 Å². The number of hydrogen-bond donors (Lipinski definition) is 3. The maximum atomic E-state index is 12.3. The molecule has 0 unspecified atom stereocenters. The molecule has 1 aliphatic carbocycles. The number of hydrogen-bond acceptors (Lipinski definition) is 6. The molecule has 2 aromatic carbocycles. The fourth-order valence-corrected chi connectivity index (χ4v) is 4.72. The number of fused-ring (bicyclic) bond motifs is 3.